The van der Waals surface area contributed by atoms with Gasteiger partial charge in [0.05, 0.1) is 64.6 Å². The molecular weight excluding hydrogens is 1240 g/mol. The molecule has 0 aliphatic heterocycles. The Labute approximate surface area is 459 Å². The minimum atomic E-state index is -4.60. The molecule has 0 saturated heterocycles. The Kier molecular flexibility index (Phi) is 27.5. The van der Waals surface area contributed by atoms with Crippen LogP contribution in [0.5, 0.6) is 23.5 Å². The summed E-state index contributed by atoms with van der Waals surface area (Å²) in [7, 11) is -7.33. The van der Waals surface area contributed by atoms with Gasteiger partial charge in [0.25, 0.3) is 10.0 Å². The number of halogens is 2. The quantitative estimate of drug-likeness (QED) is 0.0386. The zero-order valence-corrected chi connectivity index (χ0v) is 48.6. The first-order valence-electron chi connectivity index (χ1n) is 20.2. The number of benzene rings is 2. The second-order valence-electron chi connectivity index (χ2n) is 13.8. The fourth-order valence-corrected chi connectivity index (χ4v) is 10.0. The normalized spacial score (nSPS) is 10.9. The molecule has 384 valence electrons. The maximum atomic E-state index is 12.5. The number of nitrogens with one attached hydrogen (secondary N) is 3. The molecule has 4 rings (SSSR count). The summed E-state index contributed by atoms with van der Waals surface area (Å²) < 4.78 is 102. The van der Waals surface area contributed by atoms with Gasteiger partial charge in [0.1, 0.15) is 4.90 Å². The van der Waals surface area contributed by atoms with Crippen LogP contribution < -0.4 is 69.0 Å². The van der Waals surface area contributed by atoms with Crippen LogP contribution in [0.1, 0.15) is 74.7 Å². The van der Waals surface area contributed by atoms with Crippen LogP contribution >= 0.6 is 45.2 Å². The molecule has 3 amide bonds. The molecule has 0 spiro atoms. The summed E-state index contributed by atoms with van der Waals surface area (Å²) >= 11 is 4.18. The van der Waals surface area contributed by atoms with Crippen molar-refractivity contribution < 1.29 is 97.7 Å². The Bertz CT molecular complexity index is 2910. The third-order valence-corrected chi connectivity index (χ3v) is 15.0. The monoisotopic (exact) mass is 1290 g/mol. The van der Waals surface area contributed by atoms with E-state index in [-0.39, 0.29) is 75.1 Å². The predicted molar refractivity (Wildman–Crippen MR) is 267 cm³/mol. The molecule has 0 atom stereocenters. The number of carbonyl (C=O) groups excluding carboxylic acids is 4. The number of amides is 3. The van der Waals surface area contributed by atoms with Crippen LogP contribution in [0.2, 0.25) is 0 Å². The van der Waals surface area contributed by atoms with Crippen LogP contribution in [0, 0.1) is 18.5 Å². The SMILES string of the molecule is CCCCCCCC(=O)Oc1c(I)cc(C#N)cc1I.CCCOc1nn(C(=O)NS(=O)(=O)c2ccccc2C(=O)OC)c(=O)n1C.COc1cc(OC)nc(NC(=O)NS(=O)(=O)N(C)S(C)(=O)=O)n1.[Na+]. The van der Waals surface area contributed by atoms with Crippen molar-refractivity contribution >= 4 is 105 Å². The maximum Gasteiger partial charge on any atom is 1.00 e. The molecule has 4 aromatic rings. The molecule has 71 heavy (non-hydrogen) atoms. The van der Waals surface area contributed by atoms with Gasteiger partial charge in [0.15, 0.2) is 5.75 Å². The molecular formula is C39H50I2N10NaO16S3+. The summed E-state index contributed by atoms with van der Waals surface area (Å²) in [5.74, 6) is -0.707. The van der Waals surface area contributed by atoms with Crippen molar-refractivity contribution in [3.05, 3.63) is 71.2 Å². The molecule has 0 aliphatic rings. The molecule has 0 bridgehead atoms. The summed E-state index contributed by atoms with van der Waals surface area (Å²) in [5, 5.41) is 14.6. The van der Waals surface area contributed by atoms with E-state index >= 15 is 0 Å². The van der Waals surface area contributed by atoms with Gasteiger partial charge in [0, 0.05) is 20.5 Å². The fraction of sp³-hybridized carbons (Fsp3) is 0.410. The largest absolute Gasteiger partial charge is 1.00 e. The van der Waals surface area contributed by atoms with Gasteiger partial charge in [-0.3, -0.25) is 10.1 Å². The van der Waals surface area contributed by atoms with E-state index in [1.807, 2.05) is 12.2 Å². The number of sulfonamides is 2. The molecule has 0 aliphatic carbocycles. The van der Waals surface area contributed by atoms with Gasteiger partial charge in [0.2, 0.25) is 27.7 Å². The second-order valence-corrected chi connectivity index (χ2v) is 21.7. The van der Waals surface area contributed by atoms with E-state index in [1.54, 1.807) is 16.9 Å². The molecule has 2 heterocycles. The zero-order chi connectivity index (χ0) is 53.0. The molecule has 2 aromatic heterocycles. The Hall–Kier alpha value is -4.70. The molecule has 2 aromatic carbocycles. The standard InChI is InChI=1S/C15H17I2NO2.C15H18N4O7S.C9H15N5O7S2.Na/c1-2-3-4-5-6-7-14(19)20-15-12(16)8-11(10-18)9-13(15)17;1-4-9-26-14-16-19(15(22)18(14)2)13(21)17-27(23,24)11-8-6-5-7-10(11)12(20)25-3;1-14(22(4,16)17)23(18,19)13-9(15)12-8-10-6(20-2)5-7(11-8)21-3;/h8-9H,2-7H2,1H3;5-8H,4,9H2,1-3H3,(H,17,21);5H,1-4H3,(H2,10,11,12,13,15);/q;;;+1. The Morgan fingerprint density at radius 2 is 1.44 bits per heavy atom. The number of aromatic nitrogens is 5. The van der Waals surface area contributed by atoms with Gasteiger partial charge < -0.3 is 23.7 Å². The zero-order valence-electron chi connectivity index (χ0n) is 39.8. The molecule has 3 N–H and O–H groups in total. The van der Waals surface area contributed by atoms with Crippen LogP contribution in [-0.4, -0.2) is 119 Å². The van der Waals surface area contributed by atoms with Crippen molar-refractivity contribution in [2.75, 3.05) is 46.6 Å². The molecule has 0 saturated carbocycles. The maximum absolute atomic E-state index is 12.5. The molecule has 0 fully saturated rings. The number of hydrogen-bond donors (Lipinski definition) is 3. The molecule has 0 unspecified atom stereocenters. The van der Waals surface area contributed by atoms with E-state index in [0.29, 0.717) is 35.1 Å². The summed E-state index contributed by atoms with van der Waals surface area (Å²) in [6.07, 6.45) is 7.32. The third kappa shape index (κ3) is 20.4. The van der Waals surface area contributed by atoms with Crippen LogP contribution in [0.4, 0.5) is 15.5 Å². The van der Waals surface area contributed by atoms with Crippen molar-refractivity contribution in [3.63, 3.8) is 0 Å². The number of hydrogen-bond acceptors (Lipinski definition) is 20. The minimum Gasteiger partial charge on any atom is -0.481 e. The summed E-state index contributed by atoms with van der Waals surface area (Å²) in [5.41, 5.74) is -0.575. The Morgan fingerprint density at radius 1 is 0.859 bits per heavy atom. The van der Waals surface area contributed by atoms with Crippen molar-refractivity contribution in [1.82, 2.24) is 37.5 Å². The summed E-state index contributed by atoms with van der Waals surface area (Å²) in [4.78, 5) is 66.6. The van der Waals surface area contributed by atoms with E-state index in [2.05, 4.69) is 78.0 Å². The number of urea groups is 1. The van der Waals surface area contributed by atoms with Crippen LogP contribution in [0.15, 0.2) is 52.2 Å². The average molecular weight is 1290 g/mol. The van der Waals surface area contributed by atoms with E-state index in [4.69, 9.17) is 24.2 Å². The first kappa shape index (κ1) is 64.3. The van der Waals surface area contributed by atoms with Gasteiger partial charge >= 0.3 is 75.5 Å². The smallest absolute Gasteiger partial charge is 0.481 e. The topological polar surface area (TPSA) is 346 Å². The number of unbranched alkanes of at least 4 members (excludes halogenated alkanes) is 4. The van der Waals surface area contributed by atoms with Crippen LogP contribution in [0.3, 0.4) is 0 Å². The first-order valence-corrected chi connectivity index (χ1v) is 27.1. The van der Waals surface area contributed by atoms with Gasteiger partial charge in [-0.1, -0.05) is 55.4 Å². The Morgan fingerprint density at radius 3 is 1.96 bits per heavy atom. The van der Waals surface area contributed by atoms with Crippen LogP contribution in [0.25, 0.3) is 0 Å². The van der Waals surface area contributed by atoms with E-state index in [0.717, 1.165) is 44.8 Å². The Balaban J connectivity index is 0.000000535. The molecule has 26 nitrogen and oxygen atoms in total. The van der Waals surface area contributed by atoms with Gasteiger partial charge in [-0.15, -0.1) is 9.78 Å². The van der Waals surface area contributed by atoms with Crippen molar-refractivity contribution in [2.45, 2.75) is 63.7 Å². The number of methoxy groups -OCH3 is 3. The van der Waals surface area contributed by atoms with Crippen molar-refractivity contribution in [3.8, 4) is 29.6 Å². The van der Waals surface area contributed by atoms with E-state index in [1.165, 1.54) is 69.5 Å². The minimum absolute atomic E-state index is 0. The molecule has 32 heteroatoms. The van der Waals surface area contributed by atoms with Crippen molar-refractivity contribution in [2.24, 2.45) is 7.05 Å². The summed E-state index contributed by atoms with van der Waals surface area (Å²) in [6, 6.07) is 9.32. The number of ether oxygens (including phenoxy) is 5. The number of esters is 2. The predicted octanol–water partition coefficient (Wildman–Crippen LogP) is 0.893. The van der Waals surface area contributed by atoms with Crippen molar-refractivity contribution in [1.29, 1.82) is 5.26 Å². The third-order valence-electron chi connectivity index (χ3n) is 8.55. The van der Waals surface area contributed by atoms with E-state index < -0.39 is 58.9 Å². The van der Waals surface area contributed by atoms with Gasteiger partial charge in [-0.25, -0.2) is 50.0 Å². The van der Waals surface area contributed by atoms with Gasteiger partial charge in [-0.05, 0) is 82.3 Å². The van der Waals surface area contributed by atoms with Gasteiger partial charge in [-0.2, -0.15) is 23.6 Å². The fourth-order valence-electron chi connectivity index (χ4n) is 4.98. The number of nitrogens with zero attached hydrogens (tertiary/aromatic N) is 7. The molecule has 0 radical (unpaired) electrons. The van der Waals surface area contributed by atoms with E-state index in [9.17, 15) is 49.2 Å². The van der Waals surface area contributed by atoms with Crippen LogP contribution in [-0.2, 0) is 46.8 Å². The first-order chi connectivity index (χ1) is 32.8. The number of anilines is 1. The average Bonchev–Trinajstić information content (AvgIpc) is 3.59. The summed E-state index contributed by atoms with van der Waals surface area (Å²) in [6.45, 7) is 4.27. The second kappa shape index (κ2) is 30.4. The number of rotatable bonds is 19. The number of nitriles is 1. The number of carbonyl (C=O) groups is 4.